The van der Waals surface area contributed by atoms with E-state index in [9.17, 15) is 9.59 Å². The van der Waals surface area contributed by atoms with Crippen LogP contribution in [0.4, 0.5) is 0 Å². The predicted molar refractivity (Wildman–Crippen MR) is 82.6 cm³/mol. The number of nitrogens with zero attached hydrogens (tertiary/aromatic N) is 2. The smallest absolute Gasteiger partial charge is 0.275 e. The Kier molecular flexibility index (Phi) is 3.23. The van der Waals surface area contributed by atoms with E-state index < -0.39 is 0 Å². The van der Waals surface area contributed by atoms with Crippen LogP contribution in [0.15, 0.2) is 44.9 Å². The van der Waals surface area contributed by atoms with Crippen LogP contribution in [-0.2, 0) is 0 Å². The van der Waals surface area contributed by atoms with Gasteiger partial charge in [0.05, 0.1) is 5.69 Å². The van der Waals surface area contributed by atoms with Crippen molar-refractivity contribution >= 4 is 23.5 Å². The van der Waals surface area contributed by atoms with Crippen LogP contribution in [0.1, 0.15) is 5.56 Å². The quantitative estimate of drug-likeness (QED) is 0.706. The molecule has 0 unspecified atom stereocenters. The van der Waals surface area contributed by atoms with Crippen LogP contribution in [0.3, 0.4) is 0 Å². The average molecular weight is 303 g/mol. The minimum absolute atomic E-state index is 0.311. The van der Waals surface area contributed by atoms with Crippen molar-refractivity contribution in [3.8, 4) is 11.3 Å². The lowest BCUT2D eigenvalue weighted by molar-refractivity contribution is 0.884. The van der Waals surface area contributed by atoms with Crippen LogP contribution in [0.5, 0.6) is 0 Å². The molecule has 0 aliphatic carbocycles. The van der Waals surface area contributed by atoms with Crippen LogP contribution in [0.2, 0.25) is 5.02 Å². The van der Waals surface area contributed by atoms with Crippen LogP contribution >= 0.6 is 11.6 Å². The molecule has 7 heteroatoms. The highest BCUT2D eigenvalue weighted by Gasteiger charge is 2.11. The van der Waals surface area contributed by atoms with Gasteiger partial charge in [0.2, 0.25) is 0 Å². The second kappa shape index (κ2) is 5.06. The lowest BCUT2D eigenvalue weighted by Gasteiger charge is -2.03. The fourth-order valence-corrected chi connectivity index (χ4v) is 2.25. The lowest BCUT2D eigenvalue weighted by Crippen LogP contribution is -2.15. The Morgan fingerprint density at radius 2 is 1.95 bits per heavy atom. The first-order chi connectivity index (χ1) is 10.1. The normalized spacial score (nSPS) is 11.5. The number of H-pyrrole nitrogens is 2. The highest BCUT2D eigenvalue weighted by Crippen LogP contribution is 2.19. The number of nitrogens with one attached hydrogen (secondary N) is 2. The largest absolute Gasteiger partial charge is 0.339 e. The molecule has 6 nitrogen and oxygen atoms in total. The van der Waals surface area contributed by atoms with E-state index in [1.165, 1.54) is 16.8 Å². The number of aromatic nitrogens is 3. The molecule has 21 heavy (non-hydrogen) atoms. The summed E-state index contributed by atoms with van der Waals surface area (Å²) in [6.45, 7) is 0. The third-order valence-corrected chi connectivity index (χ3v) is 3.34. The number of benzene rings is 1. The summed E-state index contributed by atoms with van der Waals surface area (Å²) in [6, 6.07) is 8.47. The van der Waals surface area contributed by atoms with Crippen molar-refractivity contribution < 1.29 is 0 Å². The molecule has 3 aromatic rings. The van der Waals surface area contributed by atoms with Crippen molar-refractivity contribution in [2.45, 2.75) is 0 Å². The molecule has 106 valence electrons. The zero-order chi connectivity index (χ0) is 15.0. The molecule has 0 radical (unpaired) electrons. The van der Waals surface area contributed by atoms with Gasteiger partial charge in [0.1, 0.15) is 11.2 Å². The molecule has 1 aromatic carbocycles. The molecule has 2 aromatic heterocycles. The van der Waals surface area contributed by atoms with Crippen molar-refractivity contribution in [2.75, 3.05) is 7.05 Å². The molecule has 0 atom stereocenters. The molecule has 0 saturated heterocycles. The third kappa shape index (κ3) is 2.30. The van der Waals surface area contributed by atoms with Gasteiger partial charge in [0.15, 0.2) is 0 Å². The maximum absolute atomic E-state index is 12.1. The first-order valence-electron chi connectivity index (χ1n) is 6.16. The van der Waals surface area contributed by atoms with Gasteiger partial charge in [-0.25, -0.2) is 0 Å². The molecule has 0 aliphatic heterocycles. The van der Waals surface area contributed by atoms with Crippen molar-refractivity contribution in [1.82, 2.24) is 14.6 Å². The molecule has 0 fully saturated rings. The maximum atomic E-state index is 12.1. The molecular weight excluding hydrogens is 292 g/mol. The number of aliphatic imine (C=N–C) groups is 1. The van der Waals surface area contributed by atoms with Gasteiger partial charge in [-0.2, -0.15) is 4.52 Å². The average Bonchev–Trinajstić information content (AvgIpc) is 2.78. The Balaban J connectivity index is 2.31. The number of rotatable bonds is 2. The van der Waals surface area contributed by atoms with E-state index in [0.717, 1.165) is 5.56 Å². The summed E-state index contributed by atoms with van der Waals surface area (Å²) in [5.74, 6) is 0. The summed E-state index contributed by atoms with van der Waals surface area (Å²) in [7, 11) is 1.56. The second-order valence-electron chi connectivity index (χ2n) is 4.45. The minimum atomic E-state index is -0.373. The van der Waals surface area contributed by atoms with E-state index in [2.05, 4.69) is 15.1 Å². The highest BCUT2D eigenvalue weighted by atomic mass is 35.5. The summed E-state index contributed by atoms with van der Waals surface area (Å²) in [6.07, 6.45) is 1.41. The molecule has 0 amide bonds. The summed E-state index contributed by atoms with van der Waals surface area (Å²) < 4.78 is 1.17. The van der Waals surface area contributed by atoms with Crippen molar-refractivity contribution in [2.24, 2.45) is 4.99 Å². The van der Waals surface area contributed by atoms with E-state index in [1.807, 2.05) is 0 Å². The van der Waals surface area contributed by atoms with Crippen molar-refractivity contribution in [3.63, 3.8) is 0 Å². The number of fused-ring (bicyclic) bond motifs is 1. The molecule has 0 bridgehead atoms. The number of aromatic amines is 2. The standard InChI is InChI=1S/C14H11ClN4O2/c1-16-7-10-13-17-11(8-2-4-9(15)5-3-8)6-12(20)19(13)18-14(10)21/h2-7,17H,1H3,(H,18,21). The van der Waals surface area contributed by atoms with E-state index in [0.29, 0.717) is 21.9 Å². The van der Waals surface area contributed by atoms with E-state index in [4.69, 9.17) is 11.6 Å². The van der Waals surface area contributed by atoms with Gasteiger partial charge < -0.3 is 4.98 Å². The van der Waals surface area contributed by atoms with Crippen LogP contribution in [-0.4, -0.2) is 27.9 Å². The fourth-order valence-electron chi connectivity index (χ4n) is 2.12. The zero-order valence-corrected chi connectivity index (χ0v) is 11.8. The van der Waals surface area contributed by atoms with Gasteiger partial charge in [-0.05, 0) is 17.7 Å². The first-order valence-corrected chi connectivity index (χ1v) is 6.54. The Morgan fingerprint density at radius 1 is 1.24 bits per heavy atom. The summed E-state index contributed by atoms with van der Waals surface area (Å²) in [5, 5.41) is 3.08. The fraction of sp³-hybridized carbons (Fsp3) is 0.0714. The lowest BCUT2D eigenvalue weighted by atomic mass is 10.1. The molecular formula is C14H11ClN4O2. The number of hydrogen-bond donors (Lipinski definition) is 2. The monoisotopic (exact) mass is 302 g/mol. The van der Waals surface area contributed by atoms with Crippen LogP contribution in [0.25, 0.3) is 16.9 Å². The van der Waals surface area contributed by atoms with Crippen LogP contribution < -0.4 is 11.1 Å². The van der Waals surface area contributed by atoms with E-state index >= 15 is 0 Å². The minimum Gasteiger partial charge on any atom is -0.339 e. The zero-order valence-electron chi connectivity index (χ0n) is 11.1. The number of hydrogen-bond acceptors (Lipinski definition) is 3. The predicted octanol–water partition coefficient (Wildman–Crippen LogP) is 1.68. The van der Waals surface area contributed by atoms with Gasteiger partial charge in [-0.1, -0.05) is 23.7 Å². The Morgan fingerprint density at radius 3 is 2.62 bits per heavy atom. The third-order valence-electron chi connectivity index (χ3n) is 3.09. The van der Waals surface area contributed by atoms with Crippen LogP contribution in [0, 0.1) is 0 Å². The first kappa shape index (κ1) is 13.4. The van der Waals surface area contributed by atoms with Crippen molar-refractivity contribution in [1.29, 1.82) is 0 Å². The molecule has 3 rings (SSSR count). The van der Waals surface area contributed by atoms with E-state index in [1.54, 1.807) is 31.3 Å². The van der Waals surface area contributed by atoms with Gasteiger partial charge in [-0.15, -0.1) is 0 Å². The van der Waals surface area contributed by atoms with Gasteiger partial charge >= 0.3 is 0 Å². The van der Waals surface area contributed by atoms with Gasteiger partial charge in [0, 0.05) is 24.4 Å². The Hall–Kier alpha value is -2.60. The second-order valence-corrected chi connectivity index (χ2v) is 4.89. The molecule has 2 heterocycles. The highest BCUT2D eigenvalue weighted by molar-refractivity contribution is 6.30. The van der Waals surface area contributed by atoms with Gasteiger partial charge in [0.25, 0.3) is 11.1 Å². The summed E-state index contributed by atoms with van der Waals surface area (Å²) in [5.41, 5.74) is 1.38. The number of halogens is 1. The topological polar surface area (TPSA) is 82.5 Å². The van der Waals surface area contributed by atoms with Gasteiger partial charge in [-0.3, -0.25) is 19.7 Å². The Bertz CT molecular complexity index is 948. The molecule has 0 saturated carbocycles. The molecule has 0 spiro atoms. The SMILES string of the molecule is CN=Cc1c(=O)[nH]n2c(=O)cc(-c3ccc(Cl)cc3)[nH]c12. The summed E-state index contributed by atoms with van der Waals surface area (Å²) in [4.78, 5) is 30.9. The molecule has 2 N–H and O–H groups in total. The summed E-state index contributed by atoms with van der Waals surface area (Å²) >= 11 is 5.86. The molecule has 0 aliphatic rings. The van der Waals surface area contributed by atoms with E-state index in [-0.39, 0.29) is 11.1 Å². The maximum Gasteiger partial charge on any atom is 0.275 e. The van der Waals surface area contributed by atoms with Crippen molar-refractivity contribution in [3.05, 3.63) is 61.6 Å². The Labute approximate surface area is 123 Å².